The van der Waals surface area contributed by atoms with E-state index >= 15 is 0 Å². The van der Waals surface area contributed by atoms with Gasteiger partial charge < -0.3 is 10.1 Å². The van der Waals surface area contributed by atoms with Crippen molar-refractivity contribution in [2.24, 2.45) is 0 Å². The van der Waals surface area contributed by atoms with E-state index in [9.17, 15) is 4.79 Å². The van der Waals surface area contributed by atoms with Crippen LogP contribution in [0.3, 0.4) is 0 Å². The molecule has 3 rings (SSSR count). The number of nitrogens with one attached hydrogen (secondary N) is 1. The molecular formula is C21H26N4O2. The quantitative estimate of drug-likeness (QED) is 0.709. The second kappa shape index (κ2) is 7.78. The molecule has 2 heterocycles. The minimum Gasteiger partial charge on any atom is -0.494 e. The number of pyridine rings is 1. The standard InChI is InChI=1S/C21H26N4O2/c1-6-27-17-9-7-16(8-10-17)15(5)24-21(26)18-11-14(4)23-20-19(18)12-22-25(20)13(2)3/h7-13,15H,6H2,1-5H3,(H,24,26). The average molecular weight is 366 g/mol. The molecule has 1 amide bonds. The van der Waals surface area contributed by atoms with E-state index < -0.39 is 0 Å². The molecule has 1 atom stereocenters. The number of benzene rings is 1. The molecule has 1 unspecified atom stereocenters. The van der Waals surface area contributed by atoms with Gasteiger partial charge in [-0.2, -0.15) is 5.10 Å². The number of amides is 1. The molecule has 142 valence electrons. The predicted molar refractivity (Wildman–Crippen MR) is 106 cm³/mol. The largest absolute Gasteiger partial charge is 0.494 e. The topological polar surface area (TPSA) is 69.0 Å². The van der Waals surface area contributed by atoms with Gasteiger partial charge in [0.25, 0.3) is 5.91 Å². The van der Waals surface area contributed by atoms with Crippen molar-refractivity contribution in [1.29, 1.82) is 0 Å². The molecule has 0 saturated carbocycles. The second-order valence-corrected chi connectivity index (χ2v) is 6.93. The van der Waals surface area contributed by atoms with Crippen molar-refractivity contribution in [3.8, 4) is 5.75 Å². The van der Waals surface area contributed by atoms with Gasteiger partial charge in [-0.15, -0.1) is 0 Å². The molecular weight excluding hydrogens is 340 g/mol. The van der Waals surface area contributed by atoms with Crippen LogP contribution in [0.4, 0.5) is 0 Å². The molecule has 2 aromatic heterocycles. The highest BCUT2D eigenvalue weighted by atomic mass is 16.5. The number of aromatic nitrogens is 3. The zero-order valence-electron chi connectivity index (χ0n) is 16.5. The van der Waals surface area contributed by atoms with E-state index in [0.717, 1.165) is 28.0 Å². The number of fused-ring (bicyclic) bond motifs is 1. The second-order valence-electron chi connectivity index (χ2n) is 6.93. The van der Waals surface area contributed by atoms with Crippen LogP contribution in [0.25, 0.3) is 11.0 Å². The maximum atomic E-state index is 12.9. The maximum Gasteiger partial charge on any atom is 0.252 e. The minimum absolute atomic E-state index is 0.128. The van der Waals surface area contributed by atoms with Gasteiger partial charge >= 0.3 is 0 Å². The smallest absolute Gasteiger partial charge is 0.252 e. The van der Waals surface area contributed by atoms with Gasteiger partial charge in [-0.3, -0.25) is 4.79 Å². The Hall–Kier alpha value is -2.89. The van der Waals surface area contributed by atoms with Gasteiger partial charge in [0.05, 0.1) is 29.8 Å². The van der Waals surface area contributed by atoms with Crippen LogP contribution in [0.1, 0.15) is 61.4 Å². The molecule has 0 aliphatic heterocycles. The molecule has 0 fully saturated rings. The number of carbonyl (C=O) groups excluding carboxylic acids is 1. The molecule has 6 heteroatoms. The Bertz CT molecular complexity index is 945. The van der Waals surface area contributed by atoms with E-state index in [4.69, 9.17) is 4.74 Å². The highest BCUT2D eigenvalue weighted by Crippen LogP contribution is 2.23. The summed E-state index contributed by atoms with van der Waals surface area (Å²) < 4.78 is 7.31. The highest BCUT2D eigenvalue weighted by molar-refractivity contribution is 6.05. The van der Waals surface area contributed by atoms with Crippen LogP contribution in [0.15, 0.2) is 36.5 Å². The van der Waals surface area contributed by atoms with E-state index in [-0.39, 0.29) is 18.0 Å². The molecule has 0 bridgehead atoms. The molecule has 27 heavy (non-hydrogen) atoms. The summed E-state index contributed by atoms with van der Waals surface area (Å²) in [5.74, 6) is 0.697. The lowest BCUT2D eigenvalue weighted by molar-refractivity contribution is 0.0941. The summed E-state index contributed by atoms with van der Waals surface area (Å²) in [6.07, 6.45) is 1.72. The Balaban J connectivity index is 1.85. The molecule has 1 N–H and O–H groups in total. The van der Waals surface area contributed by atoms with Gasteiger partial charge in [-0.1, -0.05) is 12.1 Å². The molecule has 3 aromatic rings. The van der Waals surface area contributed by atoms with Crippen LogP contribution in [0.2, 0.25) is 0 Å². The molecule has 0 spiro atoms. The van der Waals surface area contributed by atoms with Gasteiger partial charge in [0.1, 0.15) is 5.75 Å². The van der Waals surface area contributed by atoms with Gasteiger partial charge in [0.2, 0.25) is 0 Å². The summed E-state index contributed by atoms with van der Waals surface area (Å²) in [5, 5.41) is 8.25. The SMILES string of the molecule is CCOc1ccc(C(C)NC(=O)c2cc(C)nc3c2cnn3C(C)C)cc1. The molecule has 0 radical (unpaired) electrons. The van der Waals surface area contributed by atoms with E-state index in [1.165, 1.54) is 0 Å². The van der Waals surface area contributed by atoms with Gasteiger partial charge in [-0.25, -0.2) is 9.67 Å². The third kappa shape index (κ3) is 3.94. The molecule has 0 saturated heterocycles. The van der Waals surface area contributed by atoms with Crippen LogP contribution < -0.4 is 10.1 Å². The molecule has 0 aliphatic rings. The lowest BCUT2D eigenvalue weighted by atomic mass is 10.1. The third-order valence-electron chi connectivity index (χ3n) is 4.47. The van der Waals surface area contributed by atoms with Crippen molar-refractivity contribution >= 4 is 16.9 Å². The average Bonchev–Trinajstić information content (AvgIpc) is 3.05. The number of carbonyl (C=O) groups is 1. The third-order valence-corrected chi connectivity index (χ3v) is 4.47. The summed E-state index contributed by atoms with van der Waals surface area (Å²) in [5.41, 5.74) is 3.15. The van der Waals surface area contributed by atoms with Crippen molar-refractivity contribution in [2.45, 2.75) is 46.7 Å². The van der Waals surface area contributed by atoms with E-state index in [1.807, 2.05) is 69.6 Å². The first-order chi connectivity index (χ1) is 12.9. The summed E-state index contributed by atoms with van der Waals surface area (Å²) in [7, 11) is 0. The summed E-state index contributed by atoms with van der Waals surface area (Å²) in [6.45, 7) is 10.5. The first kappa shape index (κ1) is 18.9. The Morgan fingerprint density at radius 1 is 1.22 bits per heavy atom. The summed E-state index contributed by atoms with van der Waals surface area (Å²) in [6, 6.07) is 9.65. The summed E-state index contributed by atoms with van der Waals surface area (Å²) >= 11 is 0. The Kier molecular flexibility index (Phi) is 5.44. The van der Waals surface area contributed by atoms with Crippen LogP contribution >= 0.6 is 0 Å². The highest BCUT2D eigenvalue weighted by Gasteiger charge is 2.18. The van der Waals surface area contributed by atoms with Crippen molar-refractivity contribution < 1.29 is 9.53 Å². The normalized spacial score (nSPS) is 12.4. The van der Waals surface area contributed by atoms with Gasteiger partial charge in [0.15, 0.2) is 5.65 Å². The predicted octanol–water partition coefficient (Wildman–Crippen LogP) is 4.21. The maximum absolute atomic E-state index is 12.9. The fraction of sp³-hybridized carbons (Fsp3) is 0.381. The van der Waals surface area contributed by atoms with Crippen molar-refractivity contribution in [3.63, 3.8) is 0 Å². The van der Waals surface area contributed by atoms with E-state index in [2.05, 4.69) is 15.4 Å². The fourth-order valence-electron chi connectivity index (χ4n) is 3.09. The molecule has 1 aromatic carbocycles. The van der Waals surface area contributed by atoms with Crippen LogP contribution in [-0.2, 0) is 0 Å². The number of ether oxygens (including phenoxy) is 1. The van der Waals surface area contributed by atoms with Crippen molar-refractivity contribution in [1.82, 2.24) is 20.1 Å². The van der Waals surface area contributed by atoms with E-state index in [1.54, 1.807) is 6.20 Å². The van der Waals surface area contributed by atoms with Gasteiger partial charge in [-0.05, 0) is 58.4 Å². The van der Waals surface area contributed by atoms with Crippen molar-refractivity contribution in [2.75, 3.05) is 6.61 Å². The van der Waals surface area contributed by atoms with Crippen molar-refractivity contribution in [3.05, 3.63) is 53.3 Å². The Morgan fingerprint density at radius 2 is 1.93 bits per heavy atom. The number of aryl methyl sites for hydroxylation is 1. The number of hydrogen-bond donors (Lipinski definition) is 1. The molecule has 6 nitrogen and oxygen atoms in total. The minimum atomic E-state index is -0.129. The number of nitrogens with zero attached hydrogens (tertiary/aromatic N) is 3. The van der Waals surface area contributed by atoms with Crippen LogP contribution in [-0.4, -0.2) is 27.3 Å². The fourth-order valence-corrected chi connectivity index (χ4v) is 3.09. The zero-order chi connectivity index (χ0) is 19.6. The number of hydrogen-bond acceptors (Lipinski definition) is 4. The monoisotopic (exact) mass is 366 g/mol. The van der Waals surface area contributed by atoms with Gasteiger partial charge in [0, 0.05) is 11.7 Å². The summed E-state index contributed by atoms with van der Waals surface area (Å²) in [4.78, 5) is 17.5. The van der Waals surface area contributed by atoms with E-state index in [0.29, 0.717) is 12.2 Å². The first-order valence-corrected chi connectivity index (χ1v) is 9.29. The molecule has 0 aliphatic carbocycles. The van der Waals surface area contributed by atoms with Crippen LogP contribution in [0.5, 0.6) is 5.75 Å². The Labute approximate surface area is 159 Å². The first-order valence-electron chi connectivity index (χ1n) is 9.29. The lowest BCUT2D eigenvalue weighted by Crippen LogP contribution is -2.27. The Morgan fingerprint density at radius 3 is 2.56 bits per heavy atom. The zero-order valence-corrected chi connectivity index (χ0v) is 16.5. The lowest BCUT2D eigenvalue weighted by Gasteiger charge is -2.16. The number of rotatable bonds is 6. The van der Waals surface area contributed by atoms with Crippen LogP contribution in [0, 0.1) is 6.92 Å².